The van der Waals surface area contributed by atoms with Crippen LogP contribution in [0.15, 0.2) is 30.3 Å². The molecular formula is C17H22ClN5O. The van der Waals surface area contributed by atoms with E-state index in [1.165, 1.54) is 5.56 Å². The zero-order valence-electron chi connectivity index (χ0n) is 13.4. The van der Waals surface area contributed by atoms with Gasteiger partial charge < -0.3 is 21.9 Å². The molecule has 1 aliphatic rings. The summed E-state index contributed by atoms with van der Waals surface area (Å²) in [5.41, 5.74) is 12.9. The summed E-state index contributed by atoms with van der Waals surface area (Å²) in [7, 11) is 0. The van der Waals surface area contributed by atoms with Crippen molar-refractivity contribution in [2.45, 2.75) is 19.3 Å². The second kappa shape index (κ2) is 6.83. The van der Waals surface area contributed by atoms with Gasteiger partial charge in [0.25, 0.3) is 0 Å². The summed E-state index contributed by atoms with van der Waals surface area (Å²) >= 11 is 5.92. The van der Waals surface area contributed by atoms with Gasteiger partial charge in [-0.1, -0.05) is 41.9 Å². The molecule has 128 valence electrons. The maximum atomic E-state index is 9.82. The SMILES string of the molecule is Nc1nc(Cl)c(N)c(NCC2(CO)CC(Cc3ccccc3)C2)n1. The van der Waals surface area contributed by atoms with Gasteiger partial charge in [-0.05, 0) is 30.7 Å². The van der Waals surface area contributed by atoms with Gasteiger partial charge in [0.05, 0.1) is 6.61 Å². The number of halogens is 1. The van der Waals surface area contributed by atoms with E-state index < -0.39 is 0 Å². The third kappa shape index (κ3) is 3.55. The van der Waals surface area contributed by atoms with Gasteiger partial charge in [0.15, 0.2) is 11.0 Å². The summed E-state index contributed by atoms with van der Waals surface area (Å²) in [4.78, 5) is 7.89. The van der Waals surface area contributed by atoms with Gasteiger partial charge in [-0.3, -0.25) is 0 Å². The average Bonchev–Trinajstić information content (AvgIpc) is 2.54. The summed E-state index contributed by atoms with van der Waals surface area (Å²) in [6, 6.07) is 10.4. The molecular weight excluding hydrogens is 326 g/mol. The molecule has 6 N–H and O–H groups in total. The maximum Gasteiger partial charge on any atom is 0.223 e. The summed E-state index contributed by atoms with van der Waals surface area (Å²) in [5.74, 6) is 1.08. The van der Waals surface area contributed by atoms with Crippen molar-refractivity contribution in [2.75, 3.05) is 29.9 Å². The lowest BCUT2D eigenvalue weighted by Gasteiger charge is -2.47. The zero-order chi connectivity index (χ0) is 17.2. The fourth-order valence-corrected chi connectivity index (χ4v) is 3.63. The fourth-order valence-electron chi connectivity index (χ4n) is 3.45. The van der Waals surface area contributed by atoms with Gasteiger partial charge in [0.2, 0.25) is 5.95 Å². The predicted octanol–water partition coefficient (Wildman–Crippen LogP) is 2.34. The minimum absolute atomic E-state index is 0.0744. The van der Waals surface area contributed by atoms with Gasteiger partial charge in [0.1, 0.15) is 5.69 Å². The first-order valence-electron chi connectivity index (χ1n) is 7.98. The fraction of sp³-hybridized carbons (Fsp3) is 0.412. The van der Waals surface area contributed by atoms with Crippen molar-refractivity contribution in [3.05, 3.63) is 41.0 Å². The highest BCUT2D eigenvalue weighted by Gasteiger charge is 2.43. The first kappa shape index (κ1) is 16.8. The highest BCUT2D eigenvalue weighted by Crippen LogP contribution is 2.47. The molecule has 6 nitrogen and oxygen atoms in total. The molecule has 1 aromatic heterocycles. The van der Waals surface area contributed by atoms with Crippen LogP contribution in [-0.2, 0) is 6.42 Å². The van der Waals surface area contributed by atoms with Crippen LogP contribution < -0.4 is 16.8 Å². The molecule has 1 fully saturated rings. The Morgan fingerprint density at radius 1 is 1.21 bits per heavy atom. The van der Waals surface area contributed by atoms with E-state index in [9.17, 15) is 5.11 Å². The predicted molar refractivity (Wildman–Crippen MR) is 96.7 cm³/mol. The van der Waals surface area contributed by atoms with Crippen molar-refractivity contribution in [3.63, 3.8) is 0 Å². The molecule has 1 aliphatic carbocycles. The molecule has 0 unspecified atom stereocenters. The molecule has 0 aliphatic heterocycles. The number of nitrogen functional groups attached to an aromatic ring is 2. The third-order valence-electron chi connectivity index (χ3n) is 4.69. The molecule has 0 bridgehead atoms. The number of aromatic nitrogens is 2. The van der Waals surface area contributed by atoms with E-state index in [0.29, 0.717) is 18.3 Å². The van der Waals surface area contributed by atoms with E-state index in [1.54, 1.807) is 0 Å². The van der Waals surface area contributed by atoms with Crippen LogP contribution in [0.3, 0.4) is 0 Å². The number of anilines is 3. The van der Waals surface area contributed by atoms with Crippen molar-refractivity contribution in [3.8, 4) is 0 Å². The minimum atomic E-state index is -0.155. The van der Waals surface area contributed by atoms with Crippen LogP contribution in [0.4, 0.5) is 17.5 Å². The summed E-state index contributed by atoms with van der Waals surface area (Å²) in [6.45, 7) is 0.700. The molecule has 0 radical (unpaired) electrons. The smallest absolute Gasteiger partial charge is 0.223 e. The number of hydrogen-bond donors (Lipinski definition) is 4. The Balaban J connectivity index is 1.59. The molecule has 1 saturated carbocycles. The van der Waals surface area contributed by atoms with Crippen LogP contribution in [-0.4, -0.2) is 28.2 Å². The Morgan fingerprint density at radius 2 is 1.92 bits per heavy atom. The number of rotatable bonds is 6. The first-order chi connectivity index (χ1) is 11.5. The van der Waals surface area contributed by atoms with E-state index in [4.69, 9.17) is 23.1 Å². The molecule has 1 heterocycles. The number of hydrogen-bond acceptors (Lipinski definition) is 6. The van der Waals surface area contributed by atoms with Crippen LogP contribution >= 0.6 is 11.6 Å². The molecule has 24 heavy (non-hydrogen) atoms. The Morgan fingerprint density at radius 3 is 2.58 bits per heavy atom. The van der Waals surface area contributed by atoms with Crippen LogP contribution in [0.25, 0.3) is 0 Å². The second-order valence-corrected chi connectivity index (χ2v) is 6.97. The molecule has 3 rings (SSSR count). The monoisotopic (exact) mass is 347 g/mol. The summed E-state index contributed by atoms with van der Waals surface area (Å²) in [5, 5.41) is 13.1. The molecule has 0 saturated heterocycles. The van der Waals surface area contributed by atoms with Gasteiger partial charge in [-0.25, -0.2) is 0 Å². The van der Waals surface area contributed by atoms with Crippen molar-refractivity contribution < 1.29 is 5.11 Å². The molecule has 0 spiro atoms. The Hall–Kier alpha value is -2.05. The van der Waals surface area contributed by atoms with Crippen LogP contribution in [0.1, 0.15) is 18.4 Å². The number of aliphatic hydroxyl groups is 1. The van der Waals surface area contributed by atoms with Crippen molar-refractivity contribution in [2.24, 2.45) is 11.3 Å². The second-order valence-electron chi connectivity index (χ2n) is 6.61. The van der Waals surface area contributed by atoms with E-state index in [2.05, 4.69) is 39.6 Å². The lowest BCUT2D eigenvalue weighted by atomic mass is 9.60. The third-order valence-corrected chi connectivity index (χ3v) is 4.98. The van der Waals surface area contributed by atoms with Gasteiger partial charge in [0, 0.05) is 12.0 Å². The Kier molecular flexibility index (Phi) is 4.78. The van der Waals surface area contributed by atoms with Crippen LogP contribution in [0, 0.1) is 11.3 Å². The summed E-state index contributed by atoms with van der Waals surface area (Å²) < 4.78 is 0. The highest BCUT2D eigenvalue weighted by atomic mass is 35.5. The van der Waals surface area contributed by atoms with E-state index in [0.717, 1.165) is 19.3 Å². The largest absolute Gasteiger partial charge is 0.396 e. The van der Waals surface area contributed by atoms with Gasteiger partial charge in [-0.15, -0.1) is 0 Å². The molecule has 1 aromatic carbocycles. The maximum absolute atomic E-state index is 9.82. The normalized spacial score (nSPS) is 22.8. The highest BCUT2D eigenvalue weighted by molar-refractivity contribution is 6.32. The number of nitrogens with two attached hydrogens (primary N) is 2. The van der Waals surface area contributed by atoms with E-state index in [1.807, 2.05) is 6.07 Å². The Bertz CT molecular complexity index is 704. The van der Waals surface area contributed by atoms with E-state index >= 15 is 0 Å². The number of nitrogens with one attached hydrogen (secondary N) is 1. The first-order valence-corrected chi connectivity index (χ1v) is 8.36. The van der Waals surface area contributed by atoms with Crippen LogP contribution in [0.5, 0.6) is 0 Å². The van der Waals surface area contributed by atoms with Gasteiger partial charge in [-0.2, -0.15) is 9.97 Å². The summed E-state index contributed by atoms with van der Waals surface area (Å²) in [6.07, 6.45) is 2.95. The van der Waals surface area contributed by atoms with Crippen molar-refractivity contribution in [1.29, 1.82) is 0 Å². The molecule has 2 aromatic rings. The van der Waals surface area contributed by atoms with Crippen molar-refractivity contribution >= 4 is 29.1 Å². The lowest BCUT2D eigenvalue weighted by Crippen LogP contribution is -2.46. The quantitative estimate of drug-likeness (QED) is 0.597. The molecule has 0 atom stereocenters. The molecule has 0 amide bonds. The average molecular weight is 348 g/mol. The molecule has 7 heteroatoms. The topological polar surface area (TPSA) is 110 Å². The number of aliphatic hydroxyl groups excluding tert-OH is 1. The van der Waals surface area contributed by atoms with E-state index in [-0.39, 0.29) is 28.8 Å². The standard InChI is InChI=1S/C17H22ClN5O/c18-14-13(19)15(23-16(20)22-14)21-9-17(10-24)7-12(8-17)6-11-4-2-1-3-5-11/h1-5,12,24H,6-10,19H2,(H3,20,21,22,23). The van der Waals surface area contributed by atoms with Gasteiger partial charge >= 0.3 is 0 Å². The number of benzene rings is 1. The van der Waals surface area contributed by atoms with Crippen molar-refractivity contribution in [1.82, 2.24) is 9.97 Å². The van der Waals surface area contributed by atoms with Crippen LogP contribution in [0.2, 0.25) is 5.15 Å². The Labute approximate surface area is 146 Å². The number of nitrogens with zero attached hydrogens (tertiary/aromatic N) is 2. The lowest BCUT2D eigenvalue weighted by molar-refractivity contribution is 0.00658. The zero-order valence-corrected chi connectivity index (χ0v) is 14.1. The minimum Gasteiger partial charge on any atom is -0.396 e.